The maximum atomic E-state index is 12.8. The van der Waals surface area contributed by atoms with Crippen molar-refractivity contribution in [2.24, 2.45) is 0 Å². The molecule has 7 nitrogen and oxygen atoms in total. The smallest absolute Gasteiger partial charge is 0.274 e. The molecule has 0 radical (unpaired) electrons. The molecule has 2 aromatic rings. The van der Waals surface area contributed by atoms with Crippen molar-refractivity contribution in [1.82, 2.24) is 9.97 Å². The van der Waals surface area contributed by atoms with Crippen molar-refractivity contribution in [2.75, 3.05) is 31.0 Å². The summed E-state index contributed by atoms with van der Waals surface area (Å²) in [6.45, 7) is 3.10. The molecule has 1 aromatic carbocycles. The molecule has 1 atom stereocenters. The molecule has 1 aromatic heterocycles. The van der Waals surface area contributed by atoms with Crippen LogP contribution in [-0.4, -0.2) is 42.7 Å². The first kappa shape index (κ1) is 18.9. The Morgan fingerprint density at radius 1 is 1.26 bits per heavy atom. The van der Waals surface area contributed by atoms with Crippen LogP contribution in [0.25, 0.3) is 0 Å². The van der Waals surface area contributed by atoms with Crippen molar-refractivity contribution in [1.29, 1.82) is 0 Å². The predicted molar refractivity (Wildman–Crippen MR) is 105 cm³/mol. The highest BCUT2D eigenvalue weighted by Crippen LogP contribution is 2.29. The molecule has 27 heavy (non-hydrogen) atoms. The molecular formula is C20H26N4O3. The number of aromatic nitrogens is 2. The molecule has 0 bridgehead atoms. The molecule has 7 heteroatoms. The van der Waals surface area contributed by atoms with Gasteiger partial charge in [-0.25, -0.2) is 9.97 Å². The fourth-order valence-electron chi connectivity index (χ4n) is 3.40. The lowest BCUT2D eigenvalue weighted by atomic mass is 10.0. The van der Waals surface area contributed by atoms with Crippen LogP contribution >= 0.6 is 0 Å². The normalized spacial score (nSPS) is 16.7. The topological polar surface area (TPSA) is 76.6 Å². The van der Waals surface area contributed by atoms with Crippen molar-refractivity contribution in [3.63, 3.8) is 0 Å². The van der Waals surface area contributed by atoms with E-state index in [0.717, 1.165) is 25.8 Å². The van der Waals surface area contributed by atoms with Gasteiger partial charge in [-0.1, -0.05) is 6.92 Å². The SMILES string of the molecule is CCC1CCCCN1c1nccc(C(=O)Nc2cc(OC)ccc2OC)n1. The van der Waals surface area contributed by atoms with E-state index in [4.69, 9.17) is 9.47 Å². The van der Waals surface area contributed by atoms with Crippen LogP contribution in [0, 0.1) is 0 Å². The number of nitrogens with one attached hydrogen (secondary N) is 1. The second kappa shape index (κ2) is 8.70. The van der Waals surface area contributed by atoms with Crippen molar-refractivity contribution in [2.45, 2.75) is 38.6 Å². The zero-order valence-electron chi connectivity index (χ0n) is 16.1. The monoisotopic (exact) mass is 370 g/mol. The Bertz CT molecular complexity index is 797. The summed E-state index contributed by atoms with van der Waals surface area (Å²) in [6, 6.07) is 7.29. The summed E-state index contributed by atoms with van der Waals surface area (Å²) in [5.41, 5.74) is 0.858. The lowest BCUT2D eigenvalue weighted by Gasteiger charge is -2.35. The maximum absolute atomic E-state index is 12.8. The first-order valence-electron chi connectivity index (χ1n) is 9.29. The molecule has 3 rings (SSSR count). The van der Waals surface area contributed by atoms with Gasteiger partial charge < -0.3 is 19.7 Å². The van der Waals surface area contributed by atoms with E-state index in [-0.39, 0.29) is 5.91 Å². The zero-order valence-corrected chi connectivity index (χ0v) is 16.1. The van der Waals surface area contributed by atoms with Crippen molar-refractivity contribution in [3.8, 4) is 11.5 Å². The summed E-state index contributed by atoms with van der Waals surface area (Å²) in [7, 11) is 3.13. The van der Waals surface area contributed by atoms with Gasteiger partial charge >= 0.3 is 0 Å². The Hall–Kier alpha value is -2.83. The fraction of sp³-hybridized carbons (Fsp3) is 0.450. The first-order chi connectivity index (χ1) is 13.2. The zero-order chi connectivity index (χ0) is 19.2. The molecule has 1 N–H and O–H groups in total. The number of hydrogen-bond donors (Lipinski definition) is 1. The van der Waals surface area contributed by atoms with Gasteiger partial charge in [0.15, 0.2) is 0 Å². The van der Waals surface area contributed by atoms with E-state index in [1.54, 1.807) is 44.7 Å². The predicted octanol–water partition coefficient (Wildman–Crippen LogP) is 3.52. The minimum atomic E-state index is -0.310. The third-order valence-corrected chi connectivity index (χ3v) is 4.89. The number of carbonyl (C=O) groups excluding carboxylic acids is 1. The standard InChI is InChI=1S/C20H26N4O3/c1-4-14-7-5-6-12-24(14)20-21-11-10-16(23-20)19(25)22-17-13-15(26-2)8-9-18(17)27-3/h8-11,13-14H,4-7,12H2,1-3H3,(H,22,25). The fourth-order valence-corrected chi connectivity index (χ4v) is 3.40. The van der Waals surface area contributed by atoms with Gasteiger partial charge in [-0.2, -0.15) is 0 Å². The summed E-state index contributed by atoms with van der Waals surface area (Å²) in [4.78, 5) is 23.9. The molecule has 1 fully saturated rings. The molecule has 2 heterocycles. The van der Waals surface area contributed by atoms with E-state index < -0.39 is 0 Å². The van der Waals surface area contributed by atoms with Crippen molar-refractivity contribution >= 4 is 17.5 Å². The lowest BCUT2D eigenvalue weighted by molar-refractivity contribution is 0.102. The Labute approximate surface area is 159 Å². The maximum Gasteiger partial charge on any atom is 0.274 e. The van der Waals surface area contributed by atoms with Crippen molar-refractivity contribution in [3.05, 3.63) is 36.2 Å². The van der Waals surface area contributed by atoms with Crippen LogP contribution < -0.4 is 19.7 Å². The van der Waals surface area contributed by atoms with Crippen LogP contribution in [0.2, 0.25) is 0 Å². The third kappa shape index (κ3) is 4.30. The first-order valence-corrected chi connectivity index (χ1v) is 9.29. The number of piperidine rings is 1. The number of nitrogens with zero attached hydrogens (tertiary/aromatic N) is 3. The van der Waals surface area contributed by atoms with Gasteiger partial charge in [-0.05, 0) is 43.9 Å². The number of hydrogen-bond acceptors (Lipinski definition) is 6. The number of amides is 1. The van der Waals surface area contributed by atoms with Gasteiger partial charge in [0.05, 0.1) is 19.9 Å². The molecule has 1 aliphatic heterocycles. The van der Waals surface area contributed by atoms with Crippen LogP contribution in [0.1, 0.15) is 43.1 Å². The molecular weight excluding hydrogens is 344 g/mol. The Morgan fingerprint density at radius 2 is 2.11 bits per heavy atom. The minimum Gasteiger partial charge on any atom is -0.497 e. The van der Waals surface area contributed by atoms with Crippen LogP contribution in [0.15, 0.2) is 30.5 Å². The van der Waals surface area contributed by atoms with Gasteiger partial charge in [-0.3, -0.25) is 4.79 Å². The molecule has 0 saturated carbocycles. The van der Waals surface area contributed by atoms with Gasteiger partial charge in [0.25, 0.3) is 5.91 Å². The van der Waals surface area contributed by atoms with Gasteiger partial charge in [-0.15, -0.1) is 0 Å². The largest absolute Gasteiger partial charge is 0.497 e. The van der Waals surface area contributed by atoms with E-state index in [2.05, 4.69) is 27.1 Å². The average Bonchev–Trinajstić information content (AvgIpc) is 2.73. The van der Waals surface area contributed by atoms with Crippen molar-refractivity contribution < 1.29 is 14.3 Å². The summed E-state index contributed by atoms with van der Waals surface area (Å²) >= 11 is 0. The number of methoxy groups -OCH3 is 2. The Morgan fingerprint density at radius 3 is 2.85 bits per heavy atom. The second-order valence-electron chi connectivity index (χ2n) is 6.51. The van der Waals surface area contributed by atoms with Crippen LogP contribution in [0.5, 0.6) is 11.5 Å². The summed E-state index contributed by atoms with van der Waals surface area (Å²) in [5, 5.41) is 2.86. The average molecular weight is 370 g/mol. The van der Waals surface area contributed by atoms with Gasteiger partial charge in [0, 0.05) is 24.8 Å². The van der Waals surface area contributed by atoms with E-state index in [1.807, 2.05) is 0 Å². The highest BCUT2D eigenvalue weighted by Gasteiger charge is 2.24. The molecule has 1 amide bonds. The number of ether oxygens (including phenoxy) is 2. The summed E-state index contributed by atoms with van der Waals surface area (Å²) < 4.78 is 10.5. The summed E-state index contributed by atoms with van der Waals surface area (Å²) in [5.74, 6) is 1.50. The number of carbonyl (C=O) groups is 1. The minimum absolute atomic E-state index is 0.310. The van der Waals surface area contributed by atoms with E-state index in [0.29, 0.717) is 34.9 Å². The Kier molecular flexibility index (Phi) is 6.11. The molecule has 1 saturated heterocycles. The van der Waals surface area contributed by atoms with E-state index >= 15 is 0 Å². The van der Waals surface area contributed by atoms with E-state index in [1.165, 1.54) is 6.42 Å². The molecule has 0 spiro atoms. The molecule has 0 aliphatic carbocycles. The third-order valence-electron chi connectivity index (χ3n) is 4.89. The second-order valence-corrected chi connectivity index (χ2v) is 6.51. The highest BCUT2D eigenvalue weighted by atomic mass is 16.5. The number of benzene rings is 1. The highest BCUT2D eigenvalue weighted by molar-refractivity contribution is 6.03. The molecule has 1 unspecified atom stereocenters. The lowest BCUT2D eigenvalue weighted by Crippen LogP contribution is -2.40. The Balaban J connectivity index is 1.82. The number of anilines is 2. The molecule has 144 valence electrons. The van der Waals surface area contributed by atoms with Crippen LogP contribution in [0.3, 0.4) is 0 Å². The molecule has 1 aliphatic rings. The van der Waals surface area contributed by atoms with Gasteiger partial charge in [0.2, 0.25) is 5.95 Å². The summed E-state index contributed by atoms with van der Waals surface area (Å²) in [6.07, 6.45) is 6.17. The quantitative estimate of drug-likeness (QED) is 0.838. The number of rotatable bonds is 6. The van der Waals surface area contributed by atoms with E-state index in [9.17, 15) is 4.79 Å². The van der Waals surface area contributed by atoms with Gasteiger partial charge in [0.1, 0.15) is 17.2 Å². The van der Waals surface area contributed by atoms with Crippen LogP contribution in [-0.2, 0) is 0 Å². The van der Waals surface area contributed by atoms with Crippen LogP contribution in [0.4, 0.5) is 11.6 Å².